The predicted molar refractivity (Wildman–Crippen MR) is 138 cm³/mol. The molecule has 0 aliphatic heterocycles. The number of carboxylic acids is 1. The summed E-state index contributed by atoms with van der Waals surface area (Å²) >= 11 is 0. The molecule has 0 aliphatic carbocycles. The van der Waals surface area contributed by atoms with Crippen LogP contribution in [0.25, 0.3) is 22.0 Å². The number of Topliss-reactive ketones (excluding diaryl/α,β-unsaturated/α-hetero) is 1. The van der Waals surface area contributed by atoms with E-state index in [0.717, 1.165) is 23.7 Å². The summed E-state index contributed by atoms with van der Waals surface area (Å²) in [4.78, 5) is 51.9. The SMILES string of the molecule is CCc1ccc(-c2ccc(C(=O)N[C@@H](C)C(=O)Cc3ccc4[nH]cc(C(=O)O)c(=O)c4c3)cc2)cc1. The second kappa shape index (κ2) is 10.4. The number of H-pyrrole nitrogens is 1. The highest BCUT2D eigenvalue weighted by molar-refractivity contribution is 5.99. The molecule has 182 valence electrons. The van der Waals surface area contributed by atoms with Crippen LogP contribution in [-0.2, 0) is 17.6 Å². The maximum Gasteiger partial charge on any atom is 0.341 e. The third kappa shape index (κ3) is 5.25. The molecule has 1 atom stereocenters. The van der Waals surface area contributed by atoms with Crippen LogP contribution >= 0.6 is 0 Å². The number of aryl methyl sites for hydroxylation is 1. The van der Waals surface area contributed by atoms with Crippen molar-refractivity contribution in [3.05, 3.63) is 105 Å². The molecule has 1 amide bonds. The van der Waals surface area contributed by atoms with Gasteiger partial charge in [-0.15, -0.1) is 0 Å². The van der Waals surface area contributed by atoms with Gasteiger partial charge in [0, 0.05) is 29.1 Å². The highest BCUT2D eigenvalue weighted by Gasteiger charge is 2.18. The van der Waals surface area contributed by atoms with Gasteiger partial charge in [-0.3, -0.25) is 14.4 Å². The lowest BCUT2D eigenvalue weighted by atomic mass is 10.0. The van der Waals surface area contributed by atoms with Crippen molar-refractivity contribution in [3.63, 3.8) is 0 Å². The first kappa shape index (κ1) is 24.6. The first-order valence-electron chi connectivity index (χ1n) is 11.7. The van der Waals surface area contributed by atoms with Gasteiger partial charge in [-0.2, -0.15) is 0 Å². The number of ketones is 1. The van der Waals surface area contributed by atoms with Crippen molar-refractivity contribution in [1.82, 2.24) is 10.3 Å². The van der Waals surface area contributed by atoms with Gasteiger partial charge in [0.25, 0.3) is 5.91 Å². The van der Waals surface area contributed by atoms with Gasteiger partial charge >= 0.3 is 5.97 Å². The van der Waals surface area contributed by atoms with Crippen LogP contribution in [-0.4, -0.2) is 33.8 Å². The van der Waals surface area contributed by atoms with Gasteiger partial charge in [0.05, 0.1) is 6.04 Å². The number of nitrogens with one attached hydrogen (secondary N) is 2. The molecule has 0 saturated heterocycles. The zero-order chi connectivity index (χ0) is 25.8. The largest absolute Gasteiger partial charge is 0.477 e. The molecular weight excluding hydrogens is 456 g/mol. The number of hydrogen-bond acceptors (Lipinski definition) is 4. The first-order valence-corrected chi connectivity index (χ1v) is 11.7. The maximum absolute atomic E-state index is 12.8. The van der Waals surface area contributed by atoms with E-state index in [1.165, 1.54) is 11.6 Å². The Kier molecular flexibility index (Phi) is 7.10. The molecule has 3 N–H and O–H groups in total. The minimum absolute atomic E-state index is 0.0131. The predicted octanol–water partition coefficient (Wildman–Crippen LogP) is 4.39. The molecule has 0 radical (unpaired) electrons. The number of fused-ring (bicyclic) bond motifs is 1. The third-order valence-corrected chi connectivity index (χ3v) is 6.23. The molecule has 7 nitrogen and oxygen atoms in total. The average molecular weight is 483 g/mol. The molecule has 4 aromatic rings. The quantitative estimate of drug-likeness (QED) is 0.345. The smallest absolute Gasteiger partial charge is 0.341 e. The van der Waals surface area contributed by atoms with Crippen molar-refractivity contribution < 1.29 is 19.5 Å². The summed E-state index contributed by atoms with van der Waals surface area (Å²) < 4.78 is 0. The summed E-state index contributed by atoms with van der Waals surface area (Å²) in [5.41, 5.74) is 3.82. The summed E-state index contributed by atoms with van der Waals surface area (Å²) in [6, 6.07) is 19.6. The van der Waals surface area contributed by atoms with Gasteiger partial charge < -0.3 is 15.4 Å². The molecule has 0 aliphatic rings. The van der Waals surface area contributed by atoms with Crippen molar-refractivity contribution in [2.24, 2.45) is 0 Å². The van der Waals surface area contributed by atoms with Crippen molar-refractivity contribution in [3.8, 4) is 11.1 Å². The molecule has 0 spiro atoms. The number of pyridine rings is 1. The monoisotopic (exact) mass is 482 g/mol. The molecule has 0 bridgehead atoms. The standard InChI is InChI=1S/C29H26N2O5/c1-3-18-4-7-20(8-5-18)21-9-11-22(12-10-21)28(34)31-17(2)26(32)15-19-6-13-25-23(14-19)27(33)24(16-30-25)29(35)36/h4-14,16-17H,3,15H2,1-2H3,(H,30,33)(H,31,34)(H,35,36)/t17-/m0/s1. The van der Waals surface area contributed by atoms with E-state index in [1.807, 2.05) is 12.1 Å². The summed E-state index contributed by atoms with van der Waals surface area (Å²) in [5.74, 6) is -1.91. The Bertz CT molecular complexity index is 1500. The Morgan fingerprint density at radius 3 is 2.14 bits per heavy atom. The average Bonchev–Trinajstić information content (AvgIpc) is 2.89. The number of aromatic carboxylic acids is 1. The summed E-state index contributed by atoms with van der Waals surface area (Å²) in [5, 5.41) is 12.1. The van der Waals surface area contributed by atoms with Crippen LogP contribution in [0.5, 0.6) is 0 Å². The Labute approximate surface area is 207 Å². The van der Waals surface area contributed by atoms with Crippen molar-refractivity contribution >= 4 is 28.6 Å². The van der Waals surface area contributed by atoms with E-state index in [2.05, 4.69) is 41.5 Å². The van der Waals surface area contributed by atoms with Crippen LogP contribution in [0.4, 0.5) is 0 Å². The molecule has 1 aromatic heterocycles. The number of amides is 1. The van der Waals surface area contributed by atoms with Crippen LogP contribution < -0.4 is 10.7 Å². The van der Waals surface area contributed by atoms with Gasteiger partial charge in [-0.05, 0) is 59.9 Å². The normalized spacial score (nSPS) is 11.7. The number of aromatic nitrogens is 1. The summed E-state index contributed by atoms with van der Waals surface area (Å²) in [6.45, 7) is 3.72. The number of carbonyl (C=O) groups excluding carboxylic acids is 2. The lowest BCUT2D eigenvalue weighted by molar-refractivity contribution is -0.119. The molecule has 36 heavy (non-hydrogen) atoms. The van der Waals surface area contributed by atoms with E-state index in [9.17, 15) is 19.2 Å². The van der Waals surface area contributed by atoms with E-state index in [0.29, 0.717) is 16.6 Å². The fourth-order valence-electron chi connectivity index (χ4n) is 4.00. The zero-order valence-electron chi connectivity index (χ0n) is 20.0. The molecule has 0 fully saturated rings. The molecule has 7 heteroatoms. The van der Waals surface area contributed by atoms with Crippen LogP contribution in [0.1, 0.15) is 45.7 Å². The maximum atomic E-state index is 12.8. The molecule has 3 aromatic carbocycles. The third-order valence-electron chi connectivity index (χ3n) is 6.23. The lowest BCUT2D eigenvalue weighted by Crippen LogP contribution is -2.39. The zero-order valence-corrected chi connectivity index (χ0v) is 20.0. The second-order valence-corrected chi connectivity index (χ2v) is 8.68. The van der Waals surface area contributed by atoms with Crippen molar-refractivity contribution in [1.29, 1.82) is 0 Å². The summed E-state index contributed by atoms with van der Waals surface area (Å²) in [6.07, 6.45) is 2.12. The number of carbonyl (C=O) groups is 3. The van der Waals surface area contributed by atoms with Crippen molar-refractivity contribution in [2.45, 2.75) is 32.7 Å². The lowest BCUT2D eigenvalue weighted by Gasteiger charge is -2.14. The van der Waals surface area contributed by atoms with E-state index in [-0.39, 0.29) is 29.1 Å². The minimum atomic E-state index is -1.32. The first-order chi connectivity index (χ1) is 17.3. The number of hydrogen-bond donors (Lipinski definition) is 3. The second-order valence-electron chi connectivity index (χ2n) is 8.68. The van der Waals surface area contributed by atoms with Crippen LogP contribution in [0, 0.1) is 0 Å². The number of benzene rings is 3. The van der Waals surface area contributed by atoms with E-state index in [1.54, 1.807) is 31.2 Å². The van der Waals surface area contributed by atoms with E-state index >= 15 is 0 Å². The highest BCUT2D eigenvalue weighted by Crippen LogP contribution is 2.21. The van der Waals surface area contributed by atoms with Crippen LogP contribution in [0.2, 0.25) is 0 Å². The molecule has 0 saturated carbocycles. The van der Waals surface area contributed by atoms with Crippen LogP contribution in [0.3, 0.4) is 0 Å². The molecule has 0 unspecified atom stereocenters. The van der Waals surface area contributed by atoms with Gasteiger partial charge in [0.2, 0.25) is 5.43 Å². The Hall–Kier alpha value is -4.52. The topological polar surface area (TPSA) is 116 Å². The molecule has 1 heterocycles. The number of carboxylic acid groups (broad SMARTS) is 1. The fraction of sp³-hybridized carbons (Fsp3) is 0.172. The minimum Gasteiger partial charge on any atom is -0.477 e. The van der Waals surface area contributed by atoms with Gasteiger partial charge in [0.15, 0.2) is 5.78 Å². The Morgan fingerprint density at radius 2 is 1.53 bits per heavy atom. The Morgan fingerprint density at radius 1 is 0.917 bits per heavy atom. The fourth-order valence-corrected chi connectivity index (χ4v) is 4.00. The van der Waals surface area contributed by atoms with Gasteiger partial charge in [0.1, 0.15) is 5.56 Å². The van der Waals surface area contributed by atoms with Crippen molar-refractivity contribution in [2.75, 3.05) is 0 Å². The number of aromatic amines is 1. The Balaban J connectivity index is 1.42. The molecular formula is C29H26N2O5. The van der Waals surface area contributed by atoms with Gasteiger partial charge in [-0.25, -0.2) is 4.79 Å². The molecule has 4 rings (SSSR count). The van der Waals surface area contributed by atoms with Gasteiger partial charge in [-0.1, -0.05) is 49.4 Å². The summed E-state index contributed by atoms with van der Waals surface area (Å²) in [7, 11) is 0. The van der Waals surface area contributed by atoms with Crippen LogP contribution in [0.15, 0.2) is 77.7 Å². The van der Waals surface area contributed by atoms with E-state index in [4.69, 9.17) is 5.11 Å². The van der Waals surface area contributed by atoms with E-state index < -0.39 is 17.4 Å². The number of rotatable bonds is 8. The highest BCUT2D eigenvalue weighted by atomic mass is 16.4.